The van der Waals surface area contributed by atoms with E-state index < -0.39 is 11.9 Å². The van der Waals surface area contributed by atoms with Crippen LogP contribution in [-0.2, 0) is 6.61 Å². The first-order valence-corrected chi connectivity index (χ1v) is 7.92. The molecule has 0 heterocycles. The molecule has 0 aliphatic rings. The summed E-state index contributed by atoms with van der Waals surface area (Å²) >= 11 is 0. The molecule has 3 aromatic rings. The molecule has 0 amide bonds. The molecule has 5 nitrogen and oxygen atoms in total. The van der Waals surface area contributed by atoms with Gasteiger partial charge in [-0.3, -0.25) is 0 Å². The lowest BCUT2D eigenvalue weighted by molar-refractivity contribution is 0.0696. The number of aromatic carboxylic acids is 2. The maximum atomic E-state index is 11.2. The lowest BCUT2D eigenvalue weighted by Gasteiger charge is -2.09. The molecule has 2 N–H and O–H groups in total. The van der Waals surface area contributed by atoms with Crippen LogP contribution in [0.3, 0.4) is 0 Å². The van der Waals surface area contributed by atoms with E-state index in [9.17, 15) is 19.8 Å². The number of rotatable bonds is 6. The quantitative estimate of drug-likeness (QED) is 0.693. The molecule has 0 bridgehead atoms. The Labute approximate surface area is 150 Å². The Morgan fingerprint density at radius 3 is 1.85 bits per heavy atom. The van der Waals surface area contributed by atoms with Crippen LogP contribution >= 0.6 is 0 Å². The molecule has 0 saturated carbocycles. The molecule has 130 valence electrons. The number of carboxylic acids is 2. The minimum absolute atomic E-state index is 0.0655. The third-order valence-electron chi connectivity index (χ3n) is 3.86. The lowest BCUT2D eigenvalue weighted by Crippen LogP contribution is -2.03. The van der Waals surface area contributed by atoms with E-state index in [4.69, 9.17) is 4.74 Å². The molecule has 0 aliphatic carbocycles. The molecule has 3 rings (SSSR count). The van der Waals surface area contributed by atoms with Gasteiger partial charge in [0.15, 0.2) is 0 Å². The van der Waals surface area contributed by atoms with E-state index in [0.29, 0.717) is 23.5 Å². The van der Waals surface area contributed by atoms with Gasteiger partial charge < -0.3 is 14.9 Å². The normalized spacial score (nSPS) is 10.3. The Morgan fingerprint density at radius 1 is 0.731 bits per heavy atom. The van der Waals surface area contributed by atoms with Crippen LogP contribution in [0, 0.1) is 0 Å². The summed E-state index contributed by atoms with van der Waals surface area (Å²) in [6, 6.07) is 20.9. The Hall–Kier alpha value is -3.60. The van der Waals surface area contributed by atoms with Crippen LogP contribution in [0.2, 0.25) is 0 Å². The minimum Gasteiger partial charge on any atom is -0.489 e. The van der Waals surface area contributed by atoms with Gasteiger partial charge in [-0.2, -0.15) is 0 Å². The van der Waals surface area contributed by atoms with E-state index in [-0.39, 0.29) is 11.1 Å². The second-order valence-corrected chi connectivity index (χ2v) is 5.71. The molecule has 0 aliphatic heterocycles. The molecule has 0 fully saturated rings. The molecule has 0 radical (unpaired) electrons. The number of hydrogen-bond acceptors (Lipinski definition) is 3. The van der Waals surface area contributed by atoms with Crippen molar-refractivity contribution < 1.29 is 24.5 Å². The Morgan fingerprint density at radius 2 is 1.31 bits per heavy atom. The van der Waals surface area contributed by atoms with Crippen molar-refractivity contribution in [1.82, 2.24) is 0 Å². The van der Waals surface area contributed by atoms with Crippen molar-refractivity contribution in [2.24, 2.45) is 0 Å². The van der Waals surface area contributed by atoms with Gasteiger partial charge >= 0.3 is 11.9 Å². The van der Waals surface area contributed by atoms with Crippen LogP contribution in [0.5, 0.6) is 5.75 Å². The van der Waals surface area contributed by atoms with Gasteiger partial charge in [0.25, 0.3) is 0 Å². The van der Waals surface area contributed by atoms with E-state index in [1.165, 1.54) is 12.1 Å². The van der Waals surface area contributed by atoms with Crippen LogP contribution in [0.4, 0.5) is 0 Å². The largest absolute Gasteiger partial charge is 0.489 e. The van der Waals surface area contributed by atoms with Crippen LogP contribution in [-0.4, -0.2) is 22.2 Å². The zero-order valence-corrected chi connectivity index (χ0v) is 13.8. The van der Waals surface area contributed by atoms with E-state index in [1.54, 1.807) is 24.3 Å². The van der Waals surface area contributed by atoms with Gasteiger partial charge in [-0.25, -0.2) is 9.59 Å². The summed E-state index contributed by atoms with van der Waals surface area (Å²) in [4.78, 5) is 22.4. The van der Waals surface area contributed by atoms with Gasteiger partial charge in [-0.1, -0.05) is 42.5 Å². The second-order valence-electron chi connectivity index (χ2n) is 5.71. The van der Waals surface area contributed by atoms with Gasteiger partial charge in [0, 0.05) is 0 Å². The summed E-state index contributed by atoms with van der Waals surface area (Å²) in [6.07, 6.45) is 0. The molecule has 0 unspecified atom stereocenters. The summed E-state index contributed by atoms with van der Waals surface area (Å²) in [5.41, 5.74) is 2.16. The SMILES string of the molecule is O=C(O)c1cc(C(=O)O)cc(-c2ccc(OCc3ccccc3)cc2)c1. The van der Waals surface area contributed by atoms with Crippen LogP contribution in [0.25, 0.3) is 11.1 Å². The fraction of sp³-hybridized carbons (Fsp3) is 0.0476. The van der Waals surface area contributed by atoms with Crippen molar-refractivity contribution in [3.63, 3.8) is 0 Å². The molecular weight excluding hydrogens is 332 g/mol. The highest BCUT2D eigenvalue weighted by molar-refractivity contribution is 5.96. The monoisotopic (exact) mass is 348 g/mol. The van der Waals surface area contributed by atoms with Gasteiger partial charge in [-0.05, 0) is 47.0 Å². The maximum Gasteiger partial charge on any atom is 0.335 e. The summed E-state index contributed by atoms with van der Waals surface area (Å²) < 4.78 is 5.72. The van der Waals surface area contributed by atoms with Crippen LogP contribution in [0.15, 0.2) is 72.8 Å². The number of carboxylic acid groups (broad SMARTS) is 2. The highest BCUT2D eigenvalue weighted by Crippen LogP contribution is 2.25. The van der Waals surface area contributed by atoms with Crippen molar-refractivity contribution in [3.05, 3.63) is 89.5 Å². The van der Waals surface area contributed by atoms with Gasteiger partial charge in [-0.15, -0.1) is 0 Å². The number of ether oxygens (including phenoxy) is 1. The fourth-order valence-corrected chi connectivity index (χ4v) is 2.53. The average molecular weight is 348 g/mol. The van der Waals surface area contributed by atoms with Gasteiger partial charge in [0.1, 0.15) is 12.4 Å². The van der Waals surface area contributed by atoms with E-state index in [1.807, 2.05) is 30.3 Å². The number of benzene rings is 3. The predicted octanol–water partition coefficient (Wildman–Crippen LogP) is 4.33. The third-order valence-corrected chi connectivity index (χ3v) is 3.86. The molecule has 0 spiro atoms. The first-order valence-electron chi connectivity index (χ1n) is 7.92. The van der Waals surface area contributed by atoms with Crippen molar-refractivity contribution in [2.75, 3.05) is 0 Å². The molecule has 26 heavy (non-hydrogen) atoms. The molecule has 3 aromatic carbocycles. The van der Waals surface area contributed by atoms with Crippen molar-refractivity contribution in [2.45, 2.75) is 6.61 Å². The summed E-state index contributed by atoms with van der Waals surface area (Å²) in [5, 5.41) is 18.3. The van der Waals surface area contributed by atoms with E-state index >= 15 is 0 Å². The van der Waals surface area contributed by atoms with Crippen LogP contribution in [0.1, 0.15) is 26.3 Å². The number of hydrogen-bond donors (Lipinski definition) is 2. The zero-order valence-electron chi connectivity index (χ0n) is 13.8. The first kappa shape index (κ1) is 17.2. The van der Waals surface area contributed by atoms with E-state index in [2.05, 4.69) is 0 Å². The highest BCUT2D eigenvalue weighted by atomic mass is 16.5. The third kappa shape index (κ3) is 4.08. The zero-order chi connectivity index (χ0) is 18.5. The first-order chi connectivity index (χ1) is 12.5. The van der Waals surface area contributed by atoms with Crippen molar-refractivity contribution in [1.29, 1.82) is 0 Å². The Bertz CT molecular complexity index is 898. The predicted molar refractivity (Wildman–Crippen MR) is 96.6 cm³/mol. The topological polar surface area (TPSA) is 83.8 Å². The smallest absolute Gasteiger partial charge is 0.335 e. The molecular formula is C21H16O5. The molecule has 0 aromatic heterocycles. The van der Waals surface area contributed by atoms with Crippen molar-refractivity contribution in [3.8, 4) is 16.9 Å². The van der Waals surface area contributed by atoms with Gasteiger partial charge in [0.2, 0.25) is 0 Å². The summed E-state index contributed by atoms with van der Waals surface area (Å²) in [5.74, 6) is -1.67. The summed E-state index contributed by atoms with van der Waals surface area (Å²) in [7, 11) is 0. The lowest BCUT2D eigenvalue weighted by atomic mass is 9.99. The Balaban J connectivity index is 1.81. The van der Waals surface area contributed by atoms with Gasteiger partial charge in [0.05, 0.1) is 11.1 Å². The second kappa shape index (κ2) is 7.53. The average Bonchev–Trinajstić information content (AvgIpc) is 2.67. The van der Waals surface area contributed by atoms with Crippen molar-refractivity contribution >= 4 is 11.9 Å². The van der Waals surface area contributed by atoms with Crippen LogP contribution < -0.4 is 4.74 Å². The summed E-state index contributed by atoms with van der Waals surface area (Å²) in [6.45, 7) is 0.442. The van der Waals surface area contributed by atoms with E-state index in [0.717, 1.165) is 11.6 Å². The fourth-order valence-electron chi connectivity index (χ4n) is 2.53. The standard InChI is InChI=1S/C21H16O5/c22-20(23)17-10-16(11-18(12-17)21(24)25)15-6-8-19(9-7-15)26-13-14-4-2-1-3-5-14/h1-12H,13H2,(H,22,23)(H,24,25). The highest BCUT2D eigenvalue weighted by Gasteiger charge is 2.12. The Kier molecular flexibility index (Phi) is 4.99. The number of carbonyl (C=O) groups is 2. The maximum absolute atomic E-state index is 11.2. The molecule has 5 heteroatoms. The molecule has 0 saturated heterocycles. The minimum atomic E-state index is -1.17. The molecule has 0 atom stereocenters.